The van der Waals surface area contributed by atoms with Gasteiger partial charge >= 0.3 is 0 Å². The minimum absolute atomic E-state index is 0.197. The van der Waals surface area contributed by atoms with Crippen LogP contribution in [0.25, 0.3) is 0 Å². The molecule has 1 saturated heterocycles. The van der Waals surface area contributed by atoms with Crippen LogP contribution in [0, 0.1) is 6.92 Å². The molecule has 6 nitrogen and oxygen atoms in total. The number of nitrogens with one attached hydrogen (secondary N) is 2. The predicted octanol–water partition coefficient (Wildman–Crippen LogP) is 2.09. The Kier molecular flexibility index (Phi) is 4.93. The first kappa shape index (κ1) is 16.0. The van der Waals surface area contributed by atoms with Gasteiger partial charge in [0.15, 0.2) is 5.69 Å². The minimum atomic E-state index is -0.197. The fourth-order valence-corrected chi connectivity index (χ4v) is 2.94. The van der Waals surface area contributed by atoms with Crippen LogP contribution in [0.1, 0.15) is 40.6 Å². The Morgan fingerprint density at radius 1 is 1.35 bits per heavy atom. The highest BCUT2D eigenvalue weighted by Gasteiger charge is 2.22. The monoisotopic (exact) mass is 333 g/mol. The van der Waals surface area contributed by atoms with Crippen molar-refractivity contribution >= 4 is 17.5 Å². The molecule has 0 bridgehead atoms. The van der Waals surface area contributed by atoms with Gasteiger partial charge in [0.05, 0.1) is 11.7 Å². The van der Waals surface area contributed by atoms with E-state index in [9.17, 15) is 4.79 Å². The summed E-state index contributed by atoms with van der Waals surface area (Å²) in [7, 11) is 0. The van der Waals surface area contributed by atoms with E-state index >= 15 is 0 Å². The molecular weight excluding hydrogens is 314 g/mol. The minimum Gasteiger partial charge on any atom is -0.347 e. The van der Waals surface area contributed by atoms with E-state index in [0.29, 0.717) is 23.3 Å². The number of hydrogen-bond acceptors (Lipinski definition) is 4. The summed E-state index contributed by atoms with van der Waals surface area (Å²) in [5.74, 6) is -0.197. The van der Waals surface area contributed by atoms with Crippen LogP contribution in [-0.2, 0) is 6.54 Å². The third-order valence-electron chi connectivity index (χ3n) is 4.16. The number of carbonyl (C=O) groups is 1. The standard InChI is InChI=1S/C16H20ClN5O/c1-11-15(20-21-22(11)14-6-8-18-9-7-14)16(23)19-10-12-2-4-13(17)5-3-12/h2-5,14,18H,6-10H2,1H3,(H,19,23). The molecule has 3 rings (SSSR count). The Morgan fingerprint density at radius 2 is 2.04 bits per heavy atom. The van der Waals surface area contributed by atoms with Crippen molar-refractivity contribution in [3.63, 3.8) is 0 Å². The molecule has 0 unspecified atom stereocenters. The van der Waals surface area contributed by atoms with Crippen LogP contribution in [0.4, 0.5) is 0 Å². The number of aromatic nitrogens is 3. The number of halogens is 1. The van der Waals surface area contributed by atoms with E-state index < -0.39 is 0 Å². The zero-order chi connectivity index (χ0) is 16.2. The van der Waals surface area contributed by atoms with Gasteiger partial charge in [-0.05, 0) is 50.6 Å². The zero-order valence-corrected chi connectivity index (χ0v) is 13.8. The molecule has 0 saturated carbocycles. The van der Waals surface area contributed by atoms with Crippen molar-refractivity contribution in [1.82, 2.24) is 25.6 Å². The molecule has 2 heterocycles. The summed E-state index contributed by atoms with van der Waals surface area (Å²) >= 11 is 5.85. The van der Waals surface area contributed by atoms with Crippen molar-refractivity contribution in [1.29, 1.82) is 0 Å². The van der Waals surface area contributed by atoms with Crippen LogP contribution in [0.15, 0.2) is 24.3 Å². The van der Waals surface area contributed by atoms with E-state index in [1.54, 1.807) is 0 Å². The molecule has 0 spiro atoms. The first-order chi connectivity index (χ1) is 11.1. The van der Waals surface area contributed by atoms with Crippen molar-refractivity contribution in [2.45, 2.75) is 32.4 Å². The van der Waals surface area contributed by atoms with Crippen LogP contribution in [-0.4, -0.2) is 34.0 Å². The molecule has 1 aliphatic heterocycles. The van der Waals surface area contributed by atoms with Gasteiger partial charge in [-0.1, -0.05) is 28.9 Å². The van der Waals surface area contributed by atoms with Gasteiger partial charge in [0.25, 0.3) is 5.91 Å². The summed E-state index contributed by atoms with van der Waals surface area (Å²) in [5.41, 5.74) is 2.22. The molecule has 2 N–H and O–H groups in total. The summed E-state index contributed by atoms with van der Waals surface area (Å²) in [6, 6.07) is 7.72. The summed E-state index contributed by atoms with van der Waals surface area (Å²) in [5, 5.41) is 15.2. The largest absolute Gasteiger partial charge is 0.347 e. The van der Waals surface area contributed by atoms with Gasteiger partial charge < -0.3 is 10.6 Å². The maximum Gasteiger partial charge on any atom is 0.274 e. The Bertz CT molecular complexity index is 676. The molecule has 0 atom stereocenters. The lowest BCUT2D eigenvalue weighted by molar-refractivity contribution is 0.0945. The molecule has 1 fully saturated rings. The third kappa shape index (κ3) is 3.71. The molecule has 2 aromatic rings. The van der Waals surface area contributed by atoms with Gasteiger partial charge in [-0.2, -0.15) is 0 Å². The second-order valence-electron chi connectivity index (χ2n) is 5.76. The number of amides is 1. The molecule has 0 radical (unpaired) electrons. The predicted molar refractivity (Wildman–Crippen MR) is 88.5 cm³/mol. The van der Waals surface area contributed by atoms with E-state index in [4.69, 9.17) is 11.6 Å². The van der Waals surface area contributed by atoms with Crippen molar-refractivity contribution < 1.29 is 4.79 Å². The van der Waals surface area contributed by atoms with E-state index in [-0.39, 0.29) is 5.91 Å². The topological polar surface area (TPSA) is 71.8 Å². The van der Waals surface area contributed by atoms with Gasteiger partial charge in [-0.25, -0.2) is 4.68 Å². The highest BCUT2D eigenvalue weighted by Crippen LogP contribution is 2.20. The number of benzene rings is 1. The van der Waals surface area contributed by atoms with E-state index in [0.717, 1.165) is 37.2 Å². The molecule has 122 valence electrons. The van der Waals surface area contributed by atoms with Gasteiger partial charge in [0.1, 0.15) is 0 Å². The summed E-state index contributed by atoms with van der Waals surface area (Å²) < 4.78 is 1.89. The average molecular weight is 334 g/mol. The fourth-order valence-electron chi connectivity index (χ4n) is 2.82. The average Bonchev–Trinajstić information content (AvgIpc) is 2.96. The Balaban J connectivity index is 1.65. The lowest BCUT2D eigenvalue weighted by Gasteiger charge is -2.23. The molecule has 1 aliphatic rings. The zero-order valence-electron chi connectivity index (χ0n) is 13.1. The molecule has 1 aromatic heterocycles. The van der Waals surface area contributed by atoms with Crippen LogP contribution in [0.5, 0.6) is 0 Å². The number of hydrogen-bond donors (Lipinski definition) is 2. The van der Waals surface area contributed by atoms with E-state index in [2.05, 4.69) is 20.9 Å². The highest BCUT2D eigenvalue weighted by atomic mass is 35.5. The summed E-state index contributed by atoms with van der Waals surface area (Å²) in [6.07, 6.45) is 2.02. The number of rotatable bonds is 4. The first-order valence-electron chi connectivity index (χ1n) is 7.80. The van der Waals surface area contributed by atoms with Gasteiger partial charge in [0.2, 0.25) is 0 Å². The normalized spacial score (nSPS) is 15.6. The number of nitrogens with zero attached hydrogens (tertiary/aromatic N) is 3. The van der Waals surface area contributed by atoms with Crippen molar-refractivity contribution in [3.05, 3.63) is 46.2 Å². The lowest BCUT2D eigenvalue weighted by Crippen LogP contribution is -2.30. The summed E-state index contributed by atoms with van der Waals surface area (Å²) in [6.45, 7) is 4.29. The molecule has 23 heavy (non-hydrogen) atoms. The molecule has 7 heteroatoms. The van der Waals surface area contributed by atoms with Crippen LogP contribution in [0.3, 0.4) is 0 Å². The number of carbonyl (C=O) groups excluding carboxylic acids is 1. The van der Waals surface area contributed by atoms with E-state index in [1.165, 1.54) is 0 Å². The Labute approximate surface area is 140 Å². The van der Waals surface area contributed by atoms with Gasteiger partial charge in [-0.15, -0.1) is 5.10 Å². The highest BCUT2D eigenvalue weighted by molar-refractivity contribution is 6.30. The molecule has 1 aromatic carbocycles. The van der Waals surface area contributed by atoms with E-state index in [1.807, 2.05) is 35.9 Å². The Hall–Kier alpha value is -1.92. The second kappa shape index (κ2) is 7.10. The maximum absolute atomic E-state index is 12.3. The Morgan fingerprint density at radius 3 is 2.74 bits per heavy atom. The summed E-state index contributed by atoms with van der Waals surface area (Å²) in [4.78, 5) is 12.3. The SMILES string of the molecule is Cc1c(C(=O)NCc2ccc(Cl)cc2)nnn1C1CCNCC1. The van der Waals surface area contributed by atoms with Crippen LogP contribution >= 0.6 is 11.6 Å². The fraction of sp³-hybridized carbons (Fsp3) is 0.438. The lowest BCUT2D eigenvalue weighted by atomic mass is 10.1. The van der Waals surface area contributed by atoms with Crippen molar-refractivity contribution in [3.8, 4) is 0 Å². The smallest absolute Gasteiger partial charge is 0.274 e. The second-order valence-corrected chi connectivity index (χ2v) is 6.19. The third-order valence-corrected chi connectivity index (χ3v) is 4.42. The van der Waals surface area contributed by atoms with Crippen LogP contribution in [0.2, 0.25) is 5.02 Å². The maximum atomic E-state index is 12.3. The molecular formula is C16H20ClN5O. The molecule has 1 amide bonds. The quantitative estimate of drug-likeness (QED) is 0.898. The molecule has 0 aliphatic carbocycles. The van der Waals surface area contributed by atoms with Crippen molar-refractivity contribution in [2.24, 2.45) is 0 Å². The van der Waals surface area contributed by atoms with Gasteiger partial charge in [-0.3, -0.25) is 4.79 Å². The van der Waals surface area contributed by atoms with Crippen LogP contribution < -0.4 is 10.6 Å². The first-order valence-corrected chi connectivity index (χ1v) is 8.18. The number of piperidine rings is 1. The van der Waals surface area contributed by atoms with Gasteiger partial charge in [0, 0.05) is 11.6 Å². The van der Waals surface area contributed by atoms with Crippen molar-refractivity contribution in [2.75, 3.05) is 13.1 Å².